The zero-order valence-electron chi connectivity index (χ0n) is 31.9. The molecular formula is C44H53N3O6S. The number of carboxylic acids is 2. The van der Waals surface area contributed by atoms with E-state index < -0.39 is 17.4 Å². The molecule has 4 N–H and O–H groups in total. The predicted octanol–water partition coefficient (Wildman–Crippen LogP) is 9.38. The van der Waals surface area contributed by atoms with E-state index in [-0.39, 0.29) is 36.3 Å². The maximum Gasteiger partial charge on any atom is 0.335 e. The number of aliphatic carboxylic acids is 1. The van der Waals surface area contributed by atoms with Crippen molar-refractivity contribution in [2.75, 3.05) is 10.6 Å². The molecule has 0 radical (unpaired) electrons. The third-order valence-corrected chi connectivity index (χ3v) is 11.8. The minimum atomic E-state index is -0.968. The molecule has 0 unspecified atom stereocenters. The number of rotatable bonds is 18. The van der Waals surface area contributed by atoms with Gasteiger partial charge in [-0.25, -0.2) is 4.79 Å². The van der Waals surface area contributed by atoms with Crippen molar-refractivity contribution in [1.29, 1.82) is 0 Å². The normalized spacial score (nSPS) is 12.6. The number of amides is 2. The Bertz CT molecular complexity index is 1930. The Balaban J connectivity index is 1.25. The zero-order valence-corrected chi connectivity index (χ0v) is 32.7. The van der Waals surface area contributed by atoms with Gasteiger partial charge >= 0.3 is 11.9 Å². The molecule has 1 aliphatic rings. The van der Waals surface area contributed by atoms with Gasteiger partial charge in [-0.05, 0) is 124 Å². The first kappa shape index (κ1) is 40.2. The molecule has 2 amide bonds. The second kappa shape index (κ2) is 18.4. The lowest BCUT2D eigenvalue weighted by Crippen LogP contribution is -2.40. The summed E-state index contributed by atoms with van der Waals surface area (Å²) < 4.78 is 0. The van der Waals surface area contributed by atoms with Crippen LogP contribution >= 0.6 is 11.3 Å². The molecule has 54 heavy (non-hydrogen) atoms. The molecule has 0 bridgehead atoms. The number of carbonyl (C=O) groups excluding carboxylic acids is 2. The molecular weight excluding hydrogens is 699 g/mol. The van der Waals surface area contributed by atoms with Gasteiger partial charge in [0.2, 0.25) is 5.91 Å². The van der Waals surface area contributed by atoms with Crippen LogP contribution < -0.4 is 10.6 Å². The van der Waals surface area contributed by atoms with Crippen LogP contribution in [0.5, 0.6) is 0 Å². The third-order valence-electron chi connectivity index (χ3n) is 10.6. The van der Waals surface area contributed by atoms with E-state index in [0.29, 0.717) is 13.1 Å². The van der Waals surface area contributed by atoms with E-state index in [2.05, 4.69) is 36.6 Å². The molecule has 0 atom stereocenters. The van der Waals surface area contributed by atoms with E-state index in [9.17, 15) is 24.3 Å². The number of benzene rings is 3. The number of carboxylic acid groups (broad SMARTS) is 2. The Labute approximate surface area is 322 Å². The van der Waals surface area contributed by atoms with E-state index in [4.69, 9.17) is 5.11 Å². The fraction of sp³-hybridized carbons (Fsp3) is 0.409. The average Bonchev–Trinajstić information content (AvgIpc) is 3.55. The molecule has 0 spiro atoms. The van der Waals surface area contributed by atoms with Gasteiger partial charge in [-0.2, -0.15) is 0 Å². The molecule has 5 rings (SSSR count). The molecule has 0 fully saturated rings. The number of carbonyl (C=O) groups is 4. The maximum atomic E-state index is 13.9. The smallest absolute Gasteiger partial charge is 0.335 e. The van der Waals surface area contributed by atoms with Crippen molar-refractivity contribution in [2.45, 2.75) is 111 Å². The number of fused-ring (bicyclic) bond motifs is 1. The van der Waals surface area contributed by atoms with Crippen LogP contribution in [0, 0.1) is 5.41 Å². The number of aryl methyl sites for hydroxylation is 3. The average molecular weight is 752 g/mol. The number of anilines is 2. The third kappa shape index (κ3) is 10.4. The minimum absolute atomic E-state index is 0.0270. The lowest BCUT2D eigenvalue weighted by Gasteiger charge is -2.32. The summed E-state index contributed by atoms with van der Waals surface area (Å²) in [5.74, 6) is -1.98. The quantitative estimate of drug-likeness (QED) is 0.0796. The van der Waals surface area contributed by atoms with Gasteiger partial charge in [0.05, 0.1) is 16.5 Å². The standard InChI is InChI=1S/C44H53N3O6S/c1-5-35(6-2)47(38(48)24-25-44(3,4)43(52)53)28-32-11-9-10-31(26-32)27-45-41-39(36-12-7-8-13-37(36)54-41)40(49)46-34-22-18-30(19-23-34)15-14-29-16-20-33(21-17-29)42(50)51/h9-11,16-23,26,35,45H,5-8,12-15,24-25,27-28H2,1-4H3,(H,46,49)(H,50,51)(H,52,53). The Kier molecular flexibility index (Phi) is 13.7. The monoisotopic (exact) mass is 751 g/mol. The summed E-state index contributed by atoms with van der Waals surface area (Å²) in [6.45, 7) is 8.45. The summed E-state index contributed by atoms with van der Waals surface area (Å²) in [6, 6.07) is 23.1. The van der Waals surface area contributed by atoms with Crippen LogP contribution in [0.3, 0.4) is 0 Å². The van der Waals surface area contributed by atoms with E-state index in [0.717, 1.165) is 95.4 Å². The number of hydrogen-bond acceptors (Lipinski definition) is 6. The first-order chi connectivity index (χ1) is 25.9. The van der Waals surface area contributed by atoms with Crippen LogP contribution in [-0.2, 0) is 48.4 Å². The van der Waals surface area contributed by atoms with Crippen LogP contribution in [0.25, 0.3) is 0 Å². The second-order valence-corrected chi connectivity index (χ2v) is 16.0. The van der Waals surface area contributed by atoms with Gasteiger partial charge in [0.25, 0.3) is 5.91 Å². The minimum Gasteiger partial charge on any atom is -0.481 e. The summed E-state index contributed by atoms with van der Waals surface area (Å²) in [7, 11) is 0. The summed E-state index contributed by atoms with van der Waals surface area (Å²) in [4.78, 5) is 53.4. The fourth-order valence-corrected chi connectivity index (χ4v) is 8.30. The summed E-state index contributed by atoms with van der Waals surface area (Å²) in [6.07, 6.45) is 7.68. The Hall–Kier alpha value is -4.96. The molecule has 1 aliphatic carbocycles. The van der Waals surface area contributed by atoms with Gasteiger partial charge in [0.15, 0.2) is 0 Å². The first-order valence-electron chi connectivity index (χ1n) is 19.1. The van der Waals surface area contributed by atoms with Gasteiger partial charge in [-0.3, -0.25) is 14.4 Å². The largest absolute Gasteiger partial charge is 0.481 e. The summed E-state index contributed by atoms with van der Waals surface area (Å²) in [5, 5.41) is 26.3. The van der Waals surface area contributed by atoms with Gasteiger partial charge < -0.3 is 25.7 Å². The second-order valence-electron chi connectivity index (χ2n) is 14.9. The fourth-order valence-electron chi connectivity index (χ4n) is 7.02. The highest BCUT2D eigenvalue weighted by Gasteiger charge is 2.30. The Morgan fingerprint density at radius 3 is 2.09 bits per heavy atom. The first-order valence-corrected chi connectivity index (χ1v) is 19.9. The van der Waals surface area contributed by atoms with Gasteiger partial charge in [0.1, 0.15) is 5.00 Å². The van der Waals surface area contributed by atoms with Crippen molar-refractivity contribution in [3.05, 3.63) is 117 Å². The van der Waals surface area contributed by atoms with E-state index in [1.54, 1.807) is 37.3 Å². The van der Waals surface area contributed by atoms with Crippen molar-refractivity contribution in [3.63, 3.8) is 0 Å². The van der Waals surface area contributed by atoms with Crippen molar-refractivity contribution in [1.82, 2.24) is 4.90 Å². The maximum absolute atomic E-state index is 13.9. The zero-order chi connectivity index (χ0) is 38.8. The summed E-state index contributed by atoms with van der Waals surface area (Å²) >= 11 is 1.67. The van der Waals surface area contributed by atoms with Crippen molar-refractivity contribution in [2.24, 2.45) is 5.41 Å². The molecule has 0 saturated heterocycles. The van der Waals surface area contributed by atoms with Crippen LogP contribution in [0.4, 0.5) is 10.7 Å². The number of thiophene rings is 1. The lowest BCUT2D eigenvalue weighted by atomic mass is 9.87. The van der Waals surface area contributed by atoms with E-state index in [1.807, 2.05) is 53.4 Å². The number of aromatic carboxylic acids is 1. The highest BCUT2D eigenvalue weighted by Crippen LogP contribution is 2.39. The molecule has 286 valence electrons. The van der Waals surface area contributed by atoms with Crippen molar-refractivity contribution < 1.29 is 29.4 Å². The molecule has 1 aromatic heterocycles. The molecule has 1 heterocycles. The molecule has 4 aromatic rings. The highest BCUT2D eigenvalue weighted by molar-refractivity contribution is 7.16. The highest BCUT2D eigenvalue weighted by atomic mass is 32.1. The topological polar surface area (TPSA) is 136 Å². The molecule has 3 aromatic carbocycles. The van der Waals surface area contributed by atoms with Crippen molar-refractivity contribution in [3.8, 4) is 0 Å². The van der Waals surface area contributed by atoms with Crippen molar-refractivity contribution >= 4 is 45.8 Å². The Morgan fingerprint density at radius 2 is 1.46 bits per heavy atom. The Morgan fingerprint density at radius 1 is 0.833 bits per heavy atom. The van der Waals surface area contributed by atoms with E-state index in [1.165, 1.54) is 4.88 Å². The summed E-state index contributed by atoms with van der Waals surface area (Å²) in [5.41, 5.74) is 6.14. The van der Waals surface area contributed by atoms with Gasteiger partial charge in [0, 0.05) is 36.1 Å². The number of nitrogens with zero attached hydrogens (tertiary/aromatic N) is 1. The van der Waals surface area contributed by atoms with Crippen LogP contribution in [0.1, 0.15) is 120 Å². The van der Waals surface area contributed by atoms with Gasteiger partial charge in [-0.1, -0.05) is 62.4 Å². The van der Waals surface area contributed by atoms with E-state index >= 15 is 0 Å². The molecule has 0 aliphatic heterocycles. The van der Waals surface area contributed by atoms with Crippen LogP contribution in [0.2, 0.25) is 0 Å². The molecule has 10 heteroatoms. The van der Waals surface area contributed by atoms with Gasteiger partial charge in [-0.15, -0.1) is 11.3 Å². The molecule has 9 nitrogen and oxygen atoms in total. The van der Waals surface area contributed by atoms with Crippen LogP contribution in [-0.4, -0.2) is 44.9 Å². The lowest BCUT2D eigenvalue weighted by molar-refractivity contribution is -0.148. The molecule has 0 saturated carbocycles. The number of hydrogen-bond donors (Lipinski definition) is 4. The van der Waals surface area contributed by atoms with Crippen LogP contribution in [0.15, 0.2) is 72.8 Å². The SMILES string of the molecule is CCC(CC)N(Cc1cccc(CNc2sc3c(c2C(=O)Nc2ccc(CCc4ccc(C(=O)O)cc4)cc2)CCCC3)c1)C(=O)CCC(C)(C)C(=O)O. The predicted molar refractivity (Wildman–Crippen MR) is 216 cm³/mol. The number of nitrogens with one attached hydrogen (secondary N) is 2.